The zero-order valence-corrected chi connectivity index (χ0v) is 13.5. The van der Waals surface area contributed by atoms with E-state index in [1.807, 2.05) is 6.26 Å². The molecule has 1 unspecified atom stereocenters. The van der Waals surface area contributed by atoms with Gasteiger partial charge in [0.1, 0.15) is 11.5 Å². The molecule has 1 aromatic carbocycles. The first kappa shape index (κ1) is 15.5. The maximum absolute atomic E-state index is 5.52. The zero-order valence-electron chi connectivity index (χ0n) is 12.6. The van der Waals surface area contributed by atoms with Crippen molar-refractivity contribution in [1.29, 1.82) is 0 Å². The summed E-state index contributed by atoms with van der Waals surface area (Å²) in [6.07, 6.45) is 3.49. The van der Waals surface area contributed by atoms with Gasteiger partial charge in [-0.3, -0.25) is 4.90 Å². The van der Waals surface area contributed by atoms with Crippen molar-refractivity contribution in [3.05, 3.63) is 17.7 Å². The second-order valence-electron chi connectivity index (χ2n) is 4.90. The maximum Gasteiger partial charge on any atom is 0.132 e. The van der Waals surface area contributed by atoms with Crippen molar-refractivity contribution in [2.24, 2.45) is 0 Å². The average molecular weight is 297 g/mol. The molecule has 0 saturated carbocycles. The Morgan fingerprint density at radius 1 is 1.20 bits per heavy atom. The Labute approximate surface area is 125 Å². The lowest BCUT2D eigenvalue weighted by molar-refractivity contribution is 0.107. The van der Waals surface area contributed by atoms with Crippen molar-refractivity contribution in [2.75, 3.05) is 40.7 Å². The number of rotatable bonds is 6. The summed E-state index contributed by atoms with van der Waals surface area (Å²) in [5, 5.41) is 0. The Balaban J connectivity index is 2.18. The largest absolute Gasteiger partial charge is 0.496 e. The fraction of sp³-hybridized carbons (Fsp3) is 0.600. The molecule has 5 heteroatoms. The third kappa shape index (κ3) is 3.40. The molecule has 0 aromatic heterocycles. The highest BCUT2D eigenvalue weighted by molar-refractivity contribution is 7.98. The van der Waals surface area contributed by atoms with E-state index in [9.17, 15) is 0 Å². The minimum absolute atomic E-state index is 0.355. The summed E-state index contributed by atoms with van der Waals surface area (Å²) < 4.78 is 16.4. The van der Waals surface area contributed by atoms with Crippen LogP contribution in [0.1, 0.15) is 12.0 Å². The van der Waals surface area contributed by atoms with Gasteiger partial charge in [0.2, 0.25) is 0 Å². The number of nitrogens with zero attached hydrogens (tertiary/aromatic N) is 1. The van der Waals surface area contributed by atoms with Crippen LogP contribution in [0, 0.1) is 0 Å². The standard InChI is InChI=1S/C15H23NO3S/c1-17-12-5-6-16(10-12)9-11-7-14(19-3)15(20-4)8-13(11)18-2/h7-8,12H,5-6,9-10H2,1-4H3. The molecule has 0 bridgehead atoms. The van der Waals surface area contributed by atoms with E-state index in [1.165, 1.54) is 5.56 Å². The van der Waals surface area contributed by atoms with Crippen LogP contribution in [0.2, 0.25) is 0 Å². The van der Waals surface area contributed by atoms with E-state index in [0.29, 0.717) is 6.10 Å². The van der Waals surface area contributed by atoms with E-state index >= 15 is 0 Å². The first-order chi connectivity index (χ1) is 9.71. The van der Waals surface area contributed by atoms with Gasteiger partial charge in [-0.15, -0.1) is 11.8 Å². The monoisotopic (exact) mass is 297 g/mol. The quantitative estimate of drug-likeness (QED) is 0.753. The Bertz CT molecular complexity index is 453. The lowest BCUT2D eigenvalue weighted by Gasteiger charge is -2.19. The van der Waals surface area contributed by atoms with Gasteiger partial charge in [0, 0.05) is 32.3 Å². The molecule has 1 saturated heterocycles. The van der Waals surface area contributed by atoms with Gasteiger partial charge in [0.15, 0.2) is 0 Å². The van der Waals surface area contributed by atoms with Gasteiger partial charge < -0.3 is 14.2 Å². The molecule has 2 rings (SSSR count). The van der Waals surface area contributed by atoms with Crippen molar-refractivity contribution in [3.8, 4) is 11.5 Å². The molecule has 0 aliphatic carbocycles. The molecule has 20 heavy (non-hydrogen) atoms. The molecule has 1 atom stereocenters. The van der Waals surface area contributed by atoms with Gasteiger partial charge in [0.05, 0.1) is 25.2 Å². The molecule has 0 spiro atoms. The molecular formula is C15H23NO3S. The van der Waals surface area contributed by atoms with E-state index < -0.39 is 0 Å². The number of ether oxygens (including phenoxy) is 3. The third-order valence-electron chi connectivity index (χ3n) is 3.74. The molecule has 1 fully saturated rings. The molecule has 4 nitrogen and oxygen atoms in total. The molecular weight excluding hydrogens is 274 g/mol. The summed E-state index contributed by atoms with van der Waals surface area (Å²) >= 11 is 1.67. The van der Waals surface area contributed by atoms with Gasteiger partial charge in [-0.25, -0.2) is 0 Å². The minimum atomic E-state index is 0.355. The van der Waals surface area contributed by atoms with Gasteiger partial charge in [-0.1, -0.05) is 0 Å². The molecule has 1 aromatic rings. The van der Waals surface area contributed by atoms with E-state index in [0.717, 1.165) is 42.4 Å². The molecule has 1 aliphatic rings. The number of likely N-dealkylation sites (tertiary alicyclic amines) is 1. The average Bonchev–Trinajstić information content (AvgIpc) is 2.94. The number of thioether (sulfide) groups is 1. The fourth-order valence-corrected chi connectivity index (χ4v) is 3.16. The Kier molecular flexibility index (Phi) is 5.57. The van der Waals surface area contributed by atoms with Crippen LogP contribution in [-0.4, -0.2) is 51.7 Å². The first-order valence-corrected chi connectivity index (χ1v) is 7.98. The predicted octanol–water partition coefficient (Wildman–Crippen LogP) is 2.65. The van der Waals surface area contributed by atoms with Crippen molar-refractivity contribution in [3.63, 3.8) is 0 Å². The van der Waals surface area contributed by atoms with Crippen LogP contribution >= 0.6 is 11.8 Å². The molecule has 1 heterocycles. The number of hydrogen-bond acceptors (Lipinski definition) is 5. The lowest BCUT2D eigenvalue weighted by Crippen LogP contribution is -2.22. The highest BCUT2D eigenvalue weighted by Gasteiger charge is 2.23. The topological polar surface area (TPSA) is 30.9 Å². The van der Waals surface area contributed by atoms with Crippen molar-refractivity contribution < 1.29 is 14.2 Å². The Morgan fingerprint density at radius 2 is 1.95 bits per heavy atom. The summed E-state index contributed by atoms with van der Waals surface area (Å²) in [6, 6.07) is 4.15. The SMILES string of the molecule is COc1cc(SC)c(OC)cc1CN1CCC(OC)C1. The molecule has 0 N–H and O–H groups in total. The first-order valence-electron chi connectivity index (χ1n) is 6.75. The van der Waals surface area contributed by atoms with Crippen LogP contribution in [-0.2, 0) is 11.3 Å². The van der Waals surface area contributed by atoms with Gasteiger partial charge in [0.25, 0.3) is 0 Å². The summed E-state index contributed by atoms with van der Waals surface area (Å²) in [5.74, 6) is 1.84. The summed E-state index contributed by atoms with van der Waals surface area (Å²) in [7, 11) is 5.21. The van der Waals surface area contributed by atoms with E-state index in [2.05, 4.69) is 17.0 Å². The Hall–Kier alpha value is -0.910. The van der Waals surface area contributed by atoms with Crippen LogP contribution < -0.4 is 9.47 Å². The molecule has 0 radical (unpaired) electrons. The highest BCUT2D eigenvalue weighted by atomic mass is 32.2. The third-order valence-corrected chi connectivity index (χ3v) is 4.50. The second kappa shape index (κ2) is 7.20. The molecule has 1 aliphatic heterocycles. The van der Waals surface area contributed by atoms with Gasteiger partial charge in [-0.2, -0.15) is 0 Å². The summed E-state index contributed by atoms with van der Waals surface area (Å²) in [5.41, 5.74) is 1.17. The van der Waals surface area contributed by atoms with Crippen molar-refractivity contribution >= 4 is 11.8 Å². The van der Waals surface area contributed by atoms with Crippen LogP contribution in [0.25, 0.3) is 0 Å². The highest BCUT2D eigenvalue weighted by Crippen LogP contribution is 2.35. The molecule has 112 valence electrons. The number of methoxy groups -OCH3 is 3. The Morgan fingerprint density at radius 3 is 2.50 bits per heavy atom. The fourth-order valence-electron chi connectivity index (χ4n) is 2.59. The van der Waals surface area contributed by atoms with E-state index in [4.69, 9.17) is 14.2 Å². The van der Waals surface area contributed by atoms with Gasteiger partial charge >= 0.3 is 0 Å². The van der Waals surface area contributed by atoms with Crippen LogP contribution in [0.3, 0.4) is 0 Å². The zero-order chi connectivity index (χ0) is 14.5. The smallest absolute Gasteiger partial charge is 0.132 e. The van der Waals surface area contributed by atoms with E-state index in [1.54, 1.807) is 33.1 Å². The van der Waals surface area contributed by atoms with Crippen LogP contribution in [0.15, 0.2) is 17.0 Å². The number of hydrogen-bond donors (Lipinski definition) is 0. The summed E-state index contributed by atoms with van der Waals surface area (Å²) in [6.45, 7) is 2.91. The van der Waals surface area contributed by atoms with Crippen molar-refractivity contribution in [1.82, 2.24) is 4.90 Å². The second-order valence-corrected chi connectivity index (χ2v) is 5.75. The molecule has 0 amide bonds. The van der Waals surface area contributed by atoms with Crippen LogP contribution in [0.4, 0.5) is 0 Å². The lowest BCUT2D eigenvalue weighted by atomic mass is 10.1. The van der Waals surface area contributed by atoms with E-state index in [-0.39, 0.29) is 0 Å². The maximum atomic E-state index is 5.52. The van der Waals surface area contributed by atoms with Gasteiger partial charge in [-0.05, 0) is 24.8 Å². The number of benzene rings is 1. The van der Waals surface area contributed by atoms with Crippen molar-refractivity contribution in [2.45, 2.75) is 24.0 Å². The normalized spacial score (nSPS) is 19.3. The van der Waals surface area contributed by atoms with Crippen LogP contribution in [0.5, 0.6) is 11.5 Å². The minimum Gasteiger partial charge on any atom is -0.496 e. The predicted molar refractivity (Wildman–Crippen MR) is 82.0 cm³/mol. The summed E-state index contributed by atoms with van der Waals surface area (Å²) in [4.78, 5) is 3.49.